The lowest BCUT2D eigenvalue weighted by atomic mass is 9.92. The van der Waals surface area contributed by atoms with E-state index in [-0.39, 0.29) is 31.3 Å². The molecule has 7 nitrogen and oxygen atoms in total. The summed E-state index contributed by atoms with van der Waals surface area (Å²) in [6.07, 6.45) is -2.37. The van der Waals surface area contributed by atoms with Crippen molar-refractivity contribution in [2.24, 2.45) is 5.92 Å². The molecule has 0 aliphatic carbocycles. The number of alkyl halides is 3. The summed E-state index contributed by atoms with van der Waals surface area (Å²) in [4.78, 5) is 39.0. The third-order valence-corrected chi connectivity index (χ3v) is 5.66. The fourth-order valence-corrected chi connectivity index (χ4v) is 3.79. The summed E-state index contributed by atoms with van der Waals surface area (Å²) in [6.45, 7) is 1.98. The van der Waals surface area contributed by atoms with Gasteiger partial charge in [-0.3, -0.25) is 14.5 Å². The number of carbonyl (C=O) groups excluding carboxylic acids is 3. The van der Waals surface area contributed by atoms with Gasteiger partial charge in [-0.2, -0.15) is 13.2 Å². The monoisotopic (exact) mass is 441 g/mol. The van der Waals surface area contributed by atoms with Crippen LogP contribution in [0.2, 0.25) is 0 Å². The van der Waals surface area contributed by atoms with Crippen LogP contribution >= 0.6 is 0 Å². The zero-order chi connectivity index (χ0) is 22.4. The Morgan fingerprint density at radius 2 is 1.90 bits per heavy atom. The third kappa shape index (κ3) is 6.60. The SMILES string of the molecule is O=C(CCC1CCN(C(=O)CN2CCOC2=O)CC1)NCc1cccc(C(F)(F)F)c1. The topological polar surface area (TPSA) is 79.0 Å². The summed E-state index contributed by atoms with van der Waals surface area (Å²) >= 11 is 0. The van der Waals surface area contributed by atoms with Crippen LogP contribution in [-0.2, 0) is 27.0 Å². The minimum absolute atomic E-state index is 0.0292. The predicted molar refractivity (Wildman–Crippen MR) is 105 cm³/mol. The van der Waals surface area contributed by atoms with Crippen LogP contribution in [-0.4, -0.2) is 60.5 Å². The first-order valence-corrected chi connectivity index (χ1v) is 10.3. The van der Waals surface area contributed by atoms with Crippen LogP contribution in [0.4, 0.5) is 18.0 Å². The van der Waals surface area contributed by atoms with E-state index in [1.54, 1.807) is 11.0 Å². The van der Waals surface area contributed by atoms with Gasteiger partial charge in [0.25, 0.3) is 0 Å². The smallest absolute Gasteiger partial charge is 0.416 e. The first-order chi connectivity index (χ1) is 14.7. The number of cyclic esters (lactones) is 1. The molecule has 2 heterocycles. The van der Waals surface area contributed by atoms with Gasteiger partial charge in [0.1, 0.15) is 13.2 Å². The fraction of sp³-hybridized carbons (Fsp3) is 0.571. The van der Waals surface area contributed by atoms with Crippen molar-refractivity contribution in [3.8, 4) is 0 Å². The van der Waals surface area contributed by atoms with E-state index < -0.39 is 17.8 Å². The number of nitrogens with zero attached hydrogens (tertiary/aromatic N) is 2. The highest BCUT2D eigenvalue weighted by molar-refractivity contribution is 5.83. The van der Waals surface area contributed by atoms with Crippen molar-refractivity contribution in [1.29, 1.82) is 0 Å². The van der Waals surface area contributed by atoms with E-state index in [2.05, 4.69) is 5.32 Å². The lowest BCUT2D eigenvalue weighted by molar-refractivity contribution is -0.137. The van der Waals surface area contributed by atoms with E-state index in [0.717, 1.165) is 25.0 Å². The van der Waals surface area contributed by atoms with E-state index in [4.69, 9.17) is 4.74 Å². The minimum Gasteiger partial charge on any atom is -0.448 e. The van der Waals surface area contributed by atoms with E-state index in [1.165, 1.54) is 11.0 Å². The number of halogens is 3. The molecule has 0 radical (unpaired) electrons. The number of benzene rings is 1. The average Bonchev–Trinajstić information content (AvgIpc) is 3.15. The molecular formula is C21H26F3N3O4. The lowest BCUT2D eigenvalue weighted by Crippen LogP contribution is -2.44. The van der Waals surface area contributed by atoms with Crippen LogP contribution in [0.1, 0.15) is 36.8 Å². The molecule has 3 rings (SSSR count). The zero-order valence-corrected chi connectivity index (χ0v) is 17.1. The van der Waals surface area contributed by atoms with Crippen LogP contribution in [0, 0.1) is 5.92 Å². The van der Waals surface area contributed by atoms with Crippen molar-refractivity contribution in [3.05, 3.63) is 35.4 Å². The molecule has 0 bridgehead atoms. The molecule has 10 heteroatoms. The Kier molecular flexibility index (Phi) is 7.40. The number of nitrogens with one attached hydrogen (secondary N) is 1. The summed E-state index contributed by atoms with van der Waals surface area (Å²) < 4.78 is 43.1. The number of hydrogen-bond acceptors (Lipinski definition) is 4. The molecule has 3 amide bonds. The number of ether oxygens (including phenoxy) is 1. The van der Waals surface area contributed by atoms with E-state index in [0.29, 0.717) is 44.1 Å². The van der Waals surface area contributed by atoms with Crippen LogP contribution in [0.25, 0.3) is 0 Å². The molecular weight excluding hydrogens is 415 g/mol. The maximum Gasteiger partial charge on any atom is 0.416 e. The third-order valence-electron chi connectivity index (χ3n) is 5.66. The number of likely N-dealkylation sites (tertiary alicyclic amines) is 1. The largest absolute Gasteiger partial charge is 0.448 e. The predicted octanol–water partition coefficient (Wildman–Crippen LogP) is 2.79. The highest BCUT2D eigenvalue weighted by atomic mass is 19.4. The van der Waals surface area contributed by atoms with Gasteiger partial charge in [0.15, 0.2) is 0 Å². The van der Waals surface area contributed by atoms with Crippen molar-refractivity contribution in [3.63, 3.8) is 0 Å². The van der Waals surface area contributed by atoms with Gasteiger partial charge >= 0.3 is 12.3 Å². The second kappa shape index (κ2) is 10.0. The van der Waals surface area contributed by atoms with Gasteiger partial charge in [-0.15, -0.1) is 0 Å². The van der Waals surface area contributed by atoms with Gasteiger partial charge in [-0.05, 0) is 42.9 Å². The Morgan fingerprint density at radius 3 is 2.55 bits per heavy atom. The van der Waals surface area contributed by atoms with Crippen molar-refractivity contribution < 1.29 is 32.3 Å². The molecule has 170 valence electrons. The summed E-state index contributed by atoms with van der Waals surface area (Å²) in [5.41, 5.74) is -0.334. The first kappa shape index (κ1) is 22.9. The number of hydrogen-bond donors (Lipinski definition) is 1. The van der Waals surface area contributed by atoms with Crippen molar-refractivity contribution in [1.82, 2.24) is 15.1 Å². The van der Waals surface area contributed by atoms with Gasteiger partial charge in [0, 0.05) is 26.1 Å². The van der Waals surface area contributed by atoms with Gasteiger partial charge in [-0.25, -0.2) is 4.79 Å². The Hall–Kier alpha value is -2.78. The maximum atomic E-state index is 12.8. The van der Waals surface area contributed by atoms with Crippen LogP contribution in [0.5, 0.6) is 0 Å². The molecule has 0 aromatic heterocycles. The second-order valence-electron chi connectivity index (χ2n) is 7.87. The number of piperidine rings is 1. The van der Waals surface area contributed by atoms with E-state index in [9.17, 15) is 27.6 Å². The van der Waals surface area contributed by atoms with Gasteiger partial charge in [0.2, 0.25) is 11.8 Å². The summed E-state index contributed by atoms with van der Waals surface area (Å²) in [7, 11) is 0. The molecule has 2 saturated heterocycles. The number of amides is 3. The molecule has 0 unspecified atom stereocenters. The Labute approximate surface area is 178 Å². The molecule has 0 atom stereocenters. The van der Waals surface area contributed by atoms with Crippen LogP contribution < -0.4 is 5.32 Å². The fourth-order valence-electron chi connectivity index (χ4n) is 3.79. The molecule has 1 aromatic carbocycles. The first-order valence-electron chi connectivity index (χ1n) is 10.3. The second-order valence-corrected chi connectivity index (χ2v) is 7.87. The Bertz CT molecular complexity index is 807. The lowest BCUT2D eigenvalue weighted by Gasteiger charge is -2.32. The molecule has 1 N–H and O–H groups in total. The van der Waals surface area contributed by atoms with Crippen LogP contribution in [0.15, 0.2) is 24.3 Å². The van der Waals surface area contributed by atoms with Crippen LogP contribution in [0.3, 0.4) is 0 Å². The van der Waals surface area contributed by atoms with Crippen molar-refractivity contribution in [2.75, 3.05) is 32.8 Å². The van der Waals surface area contributed by atoms with Gasteiger partial charge in [-0.1, -0.05) is 12.1 Å². The standard InChI is InChI=1S/C21H26F3N3O4/c22-21(23,24)17-3-1-2-16(12-17)13-25-18(28)5-4-15-6-8-26(9-7-15)19(29)14-27-10-11-31-20(27)30/h1-3,12,15H,4-11,13-14H2,(H,25,28). The molecule has 1 aromatic rings. The summed E-state index contributed by atoms with van der Waals surface area (Å²) in [6, 6.07) is 4.91. The molecule has 0 spiro atoms. The molecule has 31 heavy (non-hydrogen) atoms. The van der Waals surface area contributed by atoms with E-state index >= 15 is 0 Å². The quantitative estimate of drug-likeness (QED) is 0.706. The molecule has 0 saturated carbocycles. The van der Waals surface area contributed by atoms with Gasteiger partial charge in [0.05, 0.1) is 12.1 Å². The summed E-state index contributed by atoms with van der Waals surface area (Å²) in [5, 5.41) is 2.67. The highest BCUT2D eigenvalue weighted by Crippen LogP contribution is 2.29. The minimum atomic E-state index is -4.41. The average molecular weight is 441 g/mol. The summed E-state index contributed by atoms with van der Waals surface area (Å²) in [5.74, 6) is -0.000275. The normalized spacial score (nSPS) is 17.6. The van der Waals surface area contributed by atoms with Crippen molar-refractivity contribution >= 4 is 17.9 Å². The number of rotatable bonds is 7. The Balaban J connectivity index is 1.34. The zero-order valence-electron chi connectivity index (χ0n) is 17.1. The molecule has 2 aliphatic rings. The highest BCUT2D eigenvalue weighted by Gasteiger charge is 2.30. The molecule has 2 aliphatic heterocycles. The maximum absolute atomic E-state index is 12.8. The van der Waals surface area contributed by atoms with E-state index in [1.807, 2.05) is 0 Å². The number of carbonyl (C=O) groups is 3. The Morgan fingerprint density at radius 1 is 1.16 bits per heavy atom. The van der Waals surface area contributed by atoms with Gasteiger partial charge < -0.3 is 15.0 Å². The van der Waals surface area contributed by atoms with Crippen molar-refractivity contribution in [2.45, 2.75) is 38.4 Å². The molecule has 2 fully saturated rings.